The fourth-order valence-electron chi connectivity index (χ4n) is 3.33. The summed E-state index contributed by atoms with van der Waals surface area (Å²) in [4.78, 5) is 12.1. The first-order chi connectivity index (χ1) is 12.2. The minimum atomic E-state index is -0.495. The highest BCUT2D eigenvalue weighted by Crippen LogP contribution is 2.44. The Morgan fingerprint density at radius 3 is 2.32 bits per heavy atom. The molecule has 4 heteroatoms. The van der Waals surface area contributed by atoms with Gasteiger partial charge in [0.1, 0.15) is 6.61 Å². The van der Waals surface area contributed by atoms with Crippen LogP contribution in [0.4, 0.5) is 4.79 Å². The number of hydrogen-bond donors (Lipinski definition) is 2. The maximum atomic E-state index is 12.1. The van der Waals surface area contributed by atoms with Crippen LogP contribution in [0, 0.1) is 0 Å². The van der Waals surface area contributed by atoms with Crippen molar-refractivity contribution in [2.24, 2.45) is 0 Å². The van der Waals surface area contributed by atoms with E-state index in [9.17, 15) is 9.90 Å². The summed E-state index contributed by atoms with van der Waals surface area (Å²) in [5.41, 5.74) is 4.77. The Morgan fingerprint density at radius 2 is 1.76 bits per heavy atom. The van der Waals surface area contributed by atoms with Crippen LogP contribution in [-0.4, -0.2) is 30.5 Å². The highest BCUT2D eigenvalue weighted by Gasteiger charge is 2.29. The molecule has 4 nitrogen and oxygen atoms in total. The van der Waals surface area contributed by atoms with Crippen LogP contribution in [0.5, 0.6) is 0 Å². The molecule has 0 aromatic heterocycles. The Bertz CT molecular complexity index is 711. The van der Waals surface area contributed by atoms with E-state index in [-0.39, 0.29) is 25.2 Å². The summed E-state index contributed by atoms with van der Waals surface area (Å²) in [5, 5.41) is 12.1. The number of carbonyl (C=O) groups is 1. The van der Waals surface area contributed by atoms with Crippen molar-refractivity contribution >= 4 is 6.09 Å². The quantitative estimate of drug-likeness (QED) is 0.755. The van der Waals surface area contributed by atoms with Crippen LogP contribution in [0.2, 0.25) is 0 Å². The van der Waals surface area contributed by atoms with Gasteiger partial charge in [0.15, 0.2) is 0 Å². The van der Waals surface area contributed by atoms with Crippen LogP contribution in [0.15, 0.2) is 61.2 Å². The van der Waals surface area contributed by atoms with E-state index >= 15 is 0 Å². The first-order valence-corrected chi connectivity index (χ1v) is 8.58. The molecular formula is C21H23NO3. The second kappa shape index (κ2) is 7.99. The number of aliphatic hydroxyl groups is 1. The molecule has 1 unspecified atom stereocenters. The number of benzene rings is 2. The predicted molar refractivity (Wildman–Crippen MR) is 98.5 cm³/mol. The zero-order chi connectivity index (χ0) is 17.6. The summed E-state index contributed by atoms with van der Waals surface area (Å²) < 4.78 is 5.46. The van der Waals surface area contributed by atoms with Crippen molar-refractivity contribution < 1.29 is 14.6 Å². The van der Waals surface area contributed by atoms with Crippen LogP contribution in [0.25, 0.3) is 11.1 Å². The van der Waals surface area contributed by atoms with Crippen LogP contribution in [0.1, 0.15) is 29.9 Å². The van der Waals surface area contributed by atoms with E-state index in [4.69, 9.17) is 4.74 Å². The Balaban J connectivity index is 1.67. The number of nitrogens with one attached hydrogen (secondary N) is 1. The molecular weight excluding hydrogens is 314 g/mol. The van der Waals surface area contributed by atoms with Gasteiger partial charge in [0, 0.05) is 5.92 Å². The zero-order valence-electron chi connectivity index (χ0n) is 14.2. The number of carbonyl (C=O) groups excluding carboxylic acids is 1. The number of fused-ring (bicyclic) bond motifs is 3. The molecule has 2 N–H and O–H groups in total. The molecule has 2 aromatic rings. The third kappa shape index (κ3) is 3.74. The SMILES string of the molecule is C=CCCC(CO)NC(=O)OCC1c2ccccc2-c2ccccc21. The highest BCUT2D eigenvalue weighted by molar-refractivity contribution is 5.79. The van der Waals surface area contributed by atoms with Crippen molar-refractivity contribution in [3.8, 4) is 11.1 Å². The van der Waals surface area contributed by atoms with E-state index in [2.05, 4.69) is 36.2 Å². The van der Waals surface area contributed by atoms with Crippen LogP contribution < -0.4 is 5.32 Å². The first-order valence-electron chi connectivity index (χ1n) is 8.58. The second-order valence-corrected chi connectivity index (χ2v) is 6.22. The van der Waals surface area contributed by atoms with Gasteiger partial charge >= 0.3 is 6.09 Å². The predicted octanol–water partition coefficient (Wildman–Crippen LogP) is 3.85. The Labute approximate surface area is 148 Å². The fourth-order valence-corrected chi connectivity index (χ4v) is 3.33. The molecule has 0 saturated heterocycles. The van der Waals surface area contributed by atoms with Crippen molar-refractivity contribution in [2.45, 2.75) is 24.8 Å². The van der Waals surface area contributed by atoms with Crippen LogP contribution >= 0.6 is 0 Å². The van der Waals surface area contributed by atoms with Gasteiger partial charge in [-0.05, 0) is 35.1 Å². The summed E-state index contributed by atoms with van der Waals surface area (Å²) in [6.45, 7) is 3.82. The normalized spacial score (nSPS) is 13.6. The summed E-state index contributed by atoms with van der Waals surface area (Å²) in [5.74, 6) is 0.0406. The number of ether oxygens (including phenoxy) is 1. The molecule has 1 amide bonds. The molecule has 0 saturated carbocycles. The van der Waals surface area contributed by atoms with Gasteiger partial charge in [-0.2, -0.15) is 0 Å². The average Bonchev–Trinajstić information content (AvgIpc) is 2.97. The minimum Gasteiger partial charge on any atom is -0.449 e. The lowest BCUT2D eigenvalue weighted by Crippen LogP contribution is -2.38. The van der Waals surface area contributed by atoms with Crippen molar-refractivity contribution in [1.82, 2.24) is 5.32 Å². The number of amides is 1. The van der Waals surface area contributed by atoms with E-state index in [0.717, 1.165) is 6.42 Å². The largest absolute Gasteiger partial charge is 0.449 e. The number of aliphatic hydroxyl groups excluding tert-OH is 1. The molecule has 1 atom stereocenters. The lowest BCUT2D eigenvalue weighted by atomic mass is 9.98. The molecule has 2 aromatic carbocycles. The van der Waals surface area contributed by atoms with Crippen molar-refractivity contribution in [3.05, 3.63) is 72.3 Å². The van der Waals surface area contributed by atoms with Crippen LogP contribution in [0.3, 0.4) is 0 Å². The Hall–Kier alpha value is -2.59. The molecule has 0 aliphatic heterocycles. The molecule has 25 heavy (non-hydrogen) atoms. The van der Waals surface area contributed by atoms with E-state index in [1.54, 1.807) is 6.08 Å². The maximum absolute atomic E-state index is 12.1. The second-order valence-electron chi connectivity index (χ2n) is 6.22. The summed E-state index contributed by atoms with van der Waals surface area (Å²) >= 11 is 0. The van der Waals surface area contributed by atoms with Crippen molar-refractivity contribution in [3.63, 3.8) is 0 Å². The summed E-state index contributed by atoms with van der Waals surface area (Å²) in [6, 6.07) is 16.1. The fraction of sp³-hybridized carbons (Fsp3) is 0.286. The topological polar surface area (TPSA) is 58.6 Å². The van der Waals surface area contributed by atoms with Gasteiger partial charge in [-0.3, -0.25) is 0 Å². The molecule has 0 heterocycles. The molecule has 3 rings (SSSR count). The van der Waals surface area contributed by atoms with E-state index in [1.807, 2.05) is 24.3 Å². The van der Waals surface area contributed by atoms with Gasteiger partial charge < -0.3 is 15.2 Å². The maximum Gasteiger partial charge on any atom is 0.407 e. The summed E-state index contributed by atoms with van der Waals surface area (Å²) in [7, 11) is 0. The lowest BCUT2D eigenvalue weighted by Gasteiger charge is -2.18. The van der Waals surface area contributed by atoms with E-state index in [0.29, 0.717) is 6.42 Å². The number of rotatable bonds is 7. The number of allylic oxidation sites excluding steroid dienone is 1. The van der Waals surface area contributed by atoms with E-state index in [1.165, 1.54) is 22.3 Å². The minimum absolute atomic E-state index is 0.0406. The number of alkyl carbamates (subject to hydrolysis) is 1. The van der Waals surface area contributed by atoms with Gasteiger partial charge in [0.05, 0.1) is 12.6 Å². The van der Waals surface area contributed by atoms with Gasteiger partial charge in [0.2, 0.25) is 0 Å². The zero-order valence-corrected chi connectivity index (χ0v) is 14.2. The van der Waals surface area contributed by atoms with Crippen molar-refractivity contribution in [1.29, 1.82) is 0 Å². The molecule has 0 radical (unpaired) electrons. The monoisotopic (exact) mass is 337 g/mol. The average molecular weight is 337 g/mol. The molecule has 1 aliphatic carbocycles. The third-order valence-corrected chi connectivity index (χ3v) is 4.61. The first kappa shape index (κ1) is 17.2. The van der Waals surface area contributed by atoms with Crippen molar-refractivity contribution in [2.75, 3.05) is 13.2 Å². The number of hydrogen-bond acceptors (Lipinski definition) is 3. The lowest BCUT2D eigenvalue weighted by molar-refractivity contribution is 0.131. The van der Waals surface area contributed by atoms with Crippen LogP contribution in [-0.2, 0) is 4.74 Å². The standard InChI is InChI=1S/C21H23NO3/c1-2-3-8-15(13-23)22-21(24)25-14-20-18-11-6-4-9-16(18)17-10-5-7-12-19(17)20/h2,4-7,9-12,15,20,23H,1,3,8,13-14H2,(H,22,24). The highest BCUT2D eigenvalue weighted by atomic mass is 16.5. The molecule has 130 valence electrons. The molecule has 0 spiro atoms. The van der Waals surface area contributed by atoms with Gasteiger partial charge in [-0.1, -0.05) is 54.6 Å². The smallest absolute Gasteiger partial charge is 0.407 e. The van der Waals surface area contributed by atoms with Gasteiger partial charge in [-0.25, -0.2) is 4.79 Å². The van der Waals surface area contributed by atoms with Gasteiger partial charge in [-0.15, -0.1) is 6.58 Å². The Kier molecular flexibility index (Phi) is 5.51. The molecule has 0 fully saturated rings. The van der Waals surface area contributed by atoms with Gasteiger partial charge in [0.25, 0.3) is 0 Å². The Morgan fingerprint density at radius 1 is 1.16 bits per heavy atom. The molecule has 0 bridgehead atoms. The molecule has 1 aliphatic rings. The third-order valence-electron chi connectivity index (χ3n) is 4.61. The van der Waals surface area contributed by atoms with E-state index < -0.39 is 6.09 Å². The summed E-state index contributed by atoms with van der Waals surface area (Å²) in [6.07, 6.45) is 2.64.